The van der Waals surface area contributed by atoms with Crippen LogP contribution in [0.3, 0.4) is 0 Å². The second-order valence-electron chi connectivity index (χ2n) is 7.70. The van der Waals surface area contributed by atoms with E-state index in [1.54, 1.807) is 48.5 Å². The second kappa shape index (κ2) is 8.41. The van der Waals surface area contributed by atoms with Crippen LogP contribution in [0.1, 0.15) is 35.3 Å². The Bertz CT molecular complexity index is 1150. The summed E-state index contributed by atoms with van der Waals surface area (Å²) in [5.74, 6) is 2.31. The van der Waals surface area contributed by atoms with Crippen molar-refractivity contribution in [3.63, 3.8) is 0 Å². The predicted molar refractivity (Wildman–Crippen MR) is 116 cm³/mol. The van der Waals surface area contributed by atoms with Gasteiger partial charge in [0.25, 0.3) is 5.91 Å². The van der Waals surface area contributed by atoms with Crippen molar-refractivity contribution in [1.82, 2.24) is 5.32 Å². The Kier molecular flexibility index (Phi) is 5.50. The predicted octanol–water partition coefficient (Wildman–Crippen LogP) is 4.79. The zero-order valence-electron chi connectivity index (χ0n) is 17.3. The summed E-state index contributed by atoms with van der Waals surface area (Å²) in [5.41, 5.74) is 1.32. The number of carbonyl (C=O) groups excluding carboxylic acids is 1. The molecule has 6 heteroatoms. The number of fused-ring (bicyclic) bond motifs is 1. The normalized spacial score (nSPS) is 12.5. The van der Waals surface area contributed by atoms with Crippen molar-refractivity contribution in [2.24, 2.45) is 0 Å². The van der Waals surface area contributed by atoms with Gasteiger partial charge in [-0.2, -0.15) is 5.26 Å². The highest BCUT2D eigenvalue weighted by Gasteiger charge is 2.26. The van der Waals surface area contributed by atoms with Gasteiger partial charge in [0.05, 0.1) is 17.2 Å². The fourth-order valence-electron chi connectivity index (χ4n) is 3.29. The lowest BCUT2D eigenvalue weighted by Crippen LogP contribution is -2.41. The van der Waals surface area contributed by atoms with Crippen molar-refractivity contribution in [3.8, 4) is 29.1 Å². The molecule has 1 aliphatic rings. The maximum Gasteiger partial charge on any atom is 0.252 e. The van der Waals surface area contributed by atoms with E-state index in [4.69, 9.17) is 19.5 Å². The third kappa shape index (κ3) is 4.62. The molecule has 3 aromatic rings. The van der Waals surface area contributed by atoms with Gasteiger partial charge in [-0.25, -0.2) is 0 Å². The van der Waals surface area contributed by atoms with Crippen LogP contribution < -0.4 is 19.5 Å². The monoisotopic (exact) mass is 414 g/mol. The number of nitriles is 1. The molecule has 1 N–H and O–H groups in total. The summed E-state index contributed by atoms with van der Waals surface area (Å²) in [6, 6.07) is 21.5. The Labute approximate surface area is 181 Å². The van der Waals surface area contributed by atoms with Gasteiger partial charge < -0.3 is 19.5 Å². The van der Waals surface area contributed by atoms with E-state index in [1.807, 2.05) is 32.0 Å². The highest BCUT2D eigenvalue weighted by molar-refractivity contribution is 5.95. The molecule has 3 aromatic carbocycles. The fourth-order valence-corrected chi connectivity index (χ4v) is 3.29. The number of rotatable bonds is 5. The molecule has 0 spiro atoms. The number of carbonyl (C=O) groups is 1. The zero-order chi connectivity index (χ0) is 21.8. The highest BCUT2D eigenvalue weighted by Crippen LogP contribution is 2.34. The molecule has 1 amide bonds. The summed E-state index contributed by atoms with van der Waals surface area (Å²) in [7, 11) is 0. The first-order valence-corrected chi connectivity index (χ1v) is 9.95. The SMILES string of the molecule is CC(C)(NC(=O)c1cccc(Oc2ccc(C#N)cc2)c1)c1ccc2c(c1)OCCO2. The van der Waals surface area contributed by atoms with Gasteiger partial charge in [0.15, 0.2) is 11.5 Å². The van der Waals surface area contributed by atoms with Gasteiger partial charge in [-0.1, -0.05) is 12.1 Å². The summed E-state index contributed by atoms with van der Waals surface area (Å²) in [4.78, 5) is 13.0. The molecule has 0 aromatic heterocycles. The lowest BCUT2D eigenvalue weighted by atomic mass is 9.93. The Hall–Kier alpha value is -3.98. The van der Waals surface area contributed by atoms with Gasteiger partial charge in [0.2, 0.25) is 0 Å². The number of amides is 1. The molecule has 31 heavy (non-hydrogen) atoms. The number of hydrogen-bond acceptors (Lipinski definition) is 5. The van der Waals surface area contributed by atoms with Crippen molar-refractivity contribution >= 4 is 5.91 Å². The van der Waals surface area contributed by atoms with Crippen LogP contribution >= 0.6 is 0 Å². The van der Waals surface area contributed by atoms with Gasteiger partial charge in [0, 0.05) is 5.56 Å². The summed E-state index contributed by atoms with van der Waals surface area (Å²) < 4.78 is 17.1. The molecule has 4 rings (SSSR count). The summed E-state index contributed by atoms with van der Waals surface area (Å²) in [6.45, 7) is 4.92. The topological polar surface area (TPSA) is 80.6 Å². The number of nitrogens with zero attached hydrogens (tertiary/aromatic N) is 1. The minimum absolute atomic E-state index is 0.217. The minimum atomic E-state index is -0.628. The first-order valence-electron chi connectivity index (χ1n) is 9.95. The summed E-state index contributed by atoms with van der Waals surface area (Å²) in [5, 5.41) is 12.0. The van der Waals surface area contributed by atoms with Crippen molar-refractivity contribution in [2.45, 2.75) is 19.4 Å². The smallest absolute Gasteiger partial charge is 0.252 e. The Morgan fingerprint density at radius 2 is 1.71 bits per heavy atom. The molecule has 1 aliphatic heterocycles. The summed E-state index contributed by atoms with van der Waals surface area (Å²) >= 11 is 0. The molecule has 0 fully saturated rings. The molecule has 6 nitrogen and oxygen atoms in total. The van der Waals surface area contributed by atoms with Crippen molar-refractivity contribution in [1.29, 1.82) is 5.26 Å². The van der Waals surface area contributed by atoms with Crippen LogP contribution in [0.15, 0.2) is 66.7 Å². The van der Waals surface area contributed by atoms with Crippen molar-refractivity contribution < 1.29 is 19.0 Å². The Morgan fingerprint density at radius 3 is 2.45 bits per heavy atom. The Morgan fingerprint density at radius 1 is 0.968 bits per heavy atom. The average Bonchev–Trinajstić information content (AvgIpc) is 2.79. The standard InChI is InChI=1S/C25H22N2O4/c1-25(2,19-8-11-22-23(15-19)30-13-12-29-22)27-24(28)18-4-3-5-21(14-18)31-20-9-6-17(16-26)7-10-20/h3-11,14-15H,12-13H2,1-2H3,(H,27,28). The molecular formula is C25H22N2O4. The number of hydrogen-bond donors (Lipinski definition) is 1. The molecular weight excluding hydrogens is 392 g/mol. The van der Waals surface area contributed by atoms with Gasteiger partial charge >= 0.3 is 0 Å². The zero-order valence-corrected chi connectivity index (χ0v) is 17.3. The molecule has 0 aliphatic carbocycles. The van der Waals surface area contributed by atoms with Crippen molar-refractivity contribution in [2.75, 3.05) is 13.2 Å². The molecule has 0 radical (unpaired) electrons. The van der Waals surface area contributed by atoms with Crippen LogP contribution in [0.25, 0.3) is 0 Å². The van der Waals surface area contributed by atoms with Crippen LogP contribution in [0.2, 0.25) is 0 Å². The molecule has 0 atom stereocenters. The number of ether oxygens (including phenoxy) is 3. The van der Waals surface area contributed by atoms with Crippen LogP contribution in [0.4, 0.5) is 0 Å². The van der Waals surface area contributed by atoms with Gasteiger partial charge in [-0.3, -0.25) is 4.79 Å². The van der Waals surface area contributed by atoms with E-state index in [0.29, 0.717) is 47.3 Å². The van der Waals surface area contributed by atoms with E-state index in [2.05, 4.69) is 11.4 Å². The average molecular weight is 414 g/mol. The molecule has 0 saturated carbocycles. The third-order valence-electron chi connectivity index (χ3n) is 5.01. The van der Waals surface area contributed by atoms with Gasteiger partial charge in [-0.15, -0.1) is 0 Å². The first kappa shape index (κ1) is 20.3. The molecule has 0 unspecified atom stereocenters. The molecule has 156 valence electrons. The van der Waals surface area contributed by atoms with Crippen molar-refractivity contribution in [3.05, 3.63) is 83.4 Å². The molecule has 0 bridgehead atoms. The quantitative estimate of drug-likeness (QED) is 0.649. The van der Waals surface area contributed by atoms with Crippen LogP contribution in [-0.2, 0) is 5.54 Å². The Balaban J connectivity index is 1.49. The maximum absolute atomic E-state index is 13.0. The molecule has 1 heterocycles. The largest absolute Gasteiger partial charge is 0.486 e. The number of nitrogens with one attached hydrogen (secondary N) is 1. The van der Waals surface area contributed by atoms with Gasteiger partial charge in [0.1, 0.15) is 24.7 Å². The van der Waals surface area contributed by atoms with Crippen LogP contribution in [-0.4, -0.2) is 19.1 Å². The van der Waals surface area contributed by atoms with Crippen LogP contribution in [0, 0.1) is 11.3 Å². The van der Waals surface area contributed by atoms with E-state index >= 15 is 0 Å². The number of benzene rings is 3. The van der Waals surface area contributed by atoms with Crippen LogP contribution in [0.5, 0.6) is 23.0 Å². The molecule has 0 saturated heterocycles. The second-order valence-corrected chi connectivity index (χ2v) is 7.70. The fraction of sp³-hybridized carbons (Fsp3) is 0.200. The minimum Gasteiger partial charge on any atom is -0.486 e. The summed E-state index contributed by atoms with van der Waals surface area (Å²) in [6.07, 6.45) is 0. The first-order chi connectivity index (χ1) is 14.9. The van der Waals surface area contributed by atoms with E-state index in [9.17, 15) is 4.79 Å². The van der Waals surface area contributed by atoms with Gasteiger partial charge in [-0.05, 0) is 74.0 Å². The van der Waals surface area contributed by atoms with E-state index in [0.717, 1.165) is 5.56 Å². The van der Waals surface area contributed by atoms with E-state index in [1.165, 1.54) is 0 Å². The maximum atomic E-state index is 13.0. The lowest BCUT2D eigenvalue weighted by molar-refractivity contribution is 0.0911. The van der Waals surface area contributed by atoms with E-state index in [-0.39, 0.29) is 5.91 Å². The lowest BCUT2D eigenvalue weighted by Gasteiger charge is -2.29. The highest BCUT2D eigenvalue weighted by atomic mass is 16.6. The van der Waals surface area contributed by atoms with E-state index < -0.39 is 5.54 Å². The third-order valence-corrected chi connectivity index (χ3v) is 5.01.